The third-order valence-corrected chi connectivity index (χ3v) is 2.58. The van der Waals surface area contributed by atoms with Gasteiger partial charge in [-0.2, -0.15) is 0 Å². The number of aromatic nitrogens is 2. The normalized spacial score (nSPS) is 11.1. The molecule has 0 fully saturated rings. The van der Waals surface area contributed by atoms with Crippen LogP contribution in [0.5, 0.6) is 0 Å². The van der Waals surface area contributed by atoms with Crippen LogP contribution in [0.25, 0.3) is 16.6 Å². The summed E-state index contributed by atoms with van der Waals surface area (Å²) in [5.41, 5.74) is 1.92. The second kappa shape index (κ2) is 3.13. The number of hydrogen-bond acceptors (Lipinski definition) is 2. The van der Waals surface area contributed by atoms with Crippen LogP contribution in [-0.4, -0.2) is 15.7 Å². The summed E-state index contributed by atoms with van der Waals surface area (Å²) >= 11 is 0. The first-order valence-corrected chi connectivity index (χ1v) is 4.80. The van der Waals surface area contributed by atoms with Gasteiger partial charge in [0.1, 0.15) is 17.2 Å². The molecule has 0 aliphatic rings. The highest BCUT2D eigenvalue weighted by Crippen LogP contribution is 2.19. The Hall–Kier alpha value is -2.23. The molecule has 1 aromatic carbocycles. The van der Waals surface area contributed by atoms with Crippen LogP contribution >= 0.6 is 0 Å². The van der Waals surface area contributed by atoms with Gasteiger partial charge in [-0.15, -0.1) is 0 Å². The van der Waals surface area contributed by atoms with Crippen LogP contribution in [0.15, 0.2) is 36.5 Å². The van der Waals surface area contributed by atoms with E-state index in [9.17, 15) is 9.18 Å². The van der Waals surface area contributed by atoms with Gasteiger partial charge in [0.25, 0.3) is 0 Å². The molecular weight excluding hydrogens is 207 g/mol. The van der Waals surface area contributed by atoms with E-state index in [1.807, 2.05) is 0 Å². The molecule has 0 N–H and O–H groups in total. The van der Waals surface area contributed by atoms with Crippen molar-refractivity contribution in [1.29, 1.82) is 0 Å². The molecule has 0 amide bonds. The Labute approximate surface area is 90.1 Å². The molecule has 3 aromatic rings. The summed E-state index contributed by atoms with van der Waals surface area (Å²) < 4.78 is 14.8. The maximum atomic E-state index is 13.1. The zero-order valence-electron chi connectivity index (χ0n) is 8.22. The van der Waals surface area contributed by atoms with Crippen LogP contribution in [0.3, 0.4) is 0 Å². The largest absolute Gasteiger partial charge is 0.296 e. The highest BCUT2D eigenvalue weighted by molar-refractivity contribution is 5.86. The van der Waals surface area contributed by atoms with E-state index in [0.29, 0.717) is 11.3 Å². The van der Waals surface area contributed by atoms with Crippen molar-refractivity contribution in [2.24, 2.45) is 0 Å². The summed E-state index contributed by atoms with van der Waals surface area (Å²) in [6.07, 6.45) is 2.24. The summed E-state index contributed by atoms with van der Waals surface area (Å²) in [5, 5.41) is 0.744. The molecule has 0 radical (unpaired) electrons. The molecule has 4 heteroatoms. The average Bonchev–Trinajstić information content (AvgIpc) is 2.71. The van der Waals surface area contributed by atoms with Gasteiger partial charge in [0.05, 0.1) is 11.7 Å². The summed E-state index contributed by atoms with van der Waals surface area (Å²) in [7, 11) is 0. The van der Waals surface area contributed by atoms with Crippen LogP contribution < -0.4 is 0 Å². The first-order chi connectivity index (χ1) is 7.79. The monoisotopic (exact) mass is 214 g/mol. The van der Waals surface area contributed by atoms with E-state index in [0.717, 1.165) is 17.2 Å². The molecule has 2 heterocycles. The molecule has 0 spiro atoms. The van der Waals surface area contributed by atoms with E-state index >= 15 is 0 Å². The van der Waals surface area contributed by atoms with Gasteiger partial charge < -0.3 is 0 Å². The van der Waals surface area contributed by atoms with Gasteiger partial charge in [-0.05, 0) is 30.3 Å². The number of hydrogen-bond donors (Lipinski definition) is 0. The topological polar surface area (TPSA) is 34.4 Å². The fourth-order valence-corrected chi connectivity index (χ4v) is 1.87. The van der Waals surface area contributed by atoms with Crippen molar-refractivity contribution in [1.82, 2.24) is 9.38 Å². The average molecular weight is 214 g/mol. The number of fused-ring (bicyclic) bond motifs is 3. The molecular formula is C12H7FN2O. The summed E-state index contributed by atoms with van der Waals surface area (Å²) in [4.78, 5) is 15.0. The summed E-state index contributed by atoms with van der Waals surface area (Å²) in [5.74, 6) is -0.292. The number of imidazole rings is 1. The third-order valence-electron chi connectivity index (χ3n) is 2.58. The zero-order valence-corrected chi connectivity index (χ0v) is 8.22. The van der Waals surface area contributed by atoms with Crippen molar-refractivity contribution in [3.05, 3.63) is 48.0 Å². The van der Waals surface area contributed by atoms with Crippen LogP contribution in [0.4, 0.5) is 4.39 Å². The Morgan fingerprint density at radius 1 is 1.25 bits per heavy atom. The number of benzene rings is 1. The molecule has 3 rings (SSSR count). The predicted molar refractivity (Wildman–Crippen MR) is 58.0 cm³/mol. The highest BCUT2D eigenvalue weighted by atomic mass is 19.1. The maximum Gasteiger partial charge on any atom is 0.168 e. The Balaban J connectivity index is 2.56. The molecule has 3 nitrogen and oxygen atoms in total. The Morgan fingerprint density at radius 2 is 2.12 bits per heavy atom. The Morgan fingerprint density at radius 3 is 2.94 bits per heavy atom. The van der Waals surface area contributed by atoms with Crippen molar-refractivity contribution < 1.29 is 9.18 Å². The number of pyridine rings is 1. The number of carbonyl (C=O) groups is 1. The Bertz CT molecular complexity index is 703. The van der Waals surface area contributed by atoms with Gasteiger partial charge in [-0.3, -0.25) is 9.20 Å². The van der Waals surface area contributed by atoms with Crippen molar-refractivity contribution in [3.63, 3.8) is 0 Å². The molecule has 2 aromatic heterocycles. The predicted octanol–water partition coefficient (Wildman–Crippen LogP) is 2.44. The minimum atomic E-state index is -0.292. The molecule has 78 valence electrons. The molecule has 0 aliphatic carbocycles. The minimum Gasteiger partial charge on any atom is -0.296 e. The summed E-state index contributed by atoms with van der Waals surface area (Å²) in [6, 6.07) is 8.00. The molecule has 0 aliphatic heterocycles. The van der Waals surface area contributed by atoms with E-state index in [-0.39, 0.29) is 5.82 Å². The van der Waals surface area contributed by atoms with Crippen LogP contribution in [0, 0.1) is 5.82 Å². The number of halogens is 1. The molecule has 0 bridgehead atoms. The molecule has 0 unspecified atom stereocenters. The van der Waals surface area contributed by atoms with Crippen LogP contribution in [0.1, 0.15) is 10.5 Å². The van der Waals surface area contributed by atoms with Crippen LogP contribution in [0.2, 0.25) is 0 Å². The van der Waals surface area contributed by atoms with Gasteiger partial charge in [0.2, 0.25) is 0 Å². The quantitative estimate of drug-likeness (QED) is 0.583. The summed E-state index contributed by atoms with van der Waals surface area (Å²) in [6.45, 7) is 0. The lowest BCUT2D eigenvalue weighted by atomic mass is 10.2. The number of rotatable bonds is 1. The van der Waals surface area contributed by atoms with Gasteiger partial charge in [-0.25, -0.2) is 9.37 Å². The molecule has 16 heavy (non-hydrogen) atoms. The molecule has 0 atom stereocenters. The van der Waals surface area contributed by atoms with E-state index in [1.165, 1.54) is 18.3 Å². The SMILES string of the molecule is O=Cc1cnc2ccc3cc(F)ccc3n12. The lowest BCUT2D eigenvalue weighted by molar-refractivity contribution is 0.111. The van der Waals surface area contributed by atoms with E-state index in [2.05, 4.69) is 4.98 Å². The number of carbonyl (C=O) groups excluding carboxylic acids is 1. The zero-order chi connectivity index (χ0) is 11.1. The minimum absolute atomic E-state index is 0.292. The second-order valence-corrected chi connectivity index (χ2v) is 3.53. The maximum absolute atomic E-state index is 13.1. The highest BCUT2D eigenvalue weighted by Gasteiger charge is 2.06. The first-order valence-electron chi connectivity index (χ1n) is 4.80. The van der Waals surface area contributed by atoms with Crippen molar-refractivity contribution in [2.75, 3.05) is 0 Å². The molecule has 0 saturated heterocycles. The van der Waals surface area contributed by atoms with Crippen molar-refractivity contribution >= 4 is 22.8 Å². The lowest BCUT2D eigenvalue weighted by Crippen LogP contribution is -1.93. The smallest absolute Gasteiger partial charge is 0.168 e. The van der Waals surface area contributed by atoms with Crippen molar-refractivity contribution in [2.45, 2.75) is 0 Å². The standard InChI is InChI=1S/C12H7FN2O/c13-9-2-3-11-8(5-9)1-4-12-14-6-10(7-16)15(11)12/h1-7H. The van der Waals surface area contributed by atoms with Crippen LogP contribution in [-0.2, 0) is 0 Å². The van der Waals surface area contributed by atoms with Crippen molar-refractivity contribution in [3.8, 4) is 0 Å². The fourth-order valence-electron chi connectivity index (χ4n) is 1.87. The van der Waals surface area contributed by atoms with E-state index in [4.69, 9.17) is 0 Å². The van der Waals surface area contributed by atoms with Gasteiger partial charge in [0.15, 0.2) is 6.29 Å². The fraction of sp³-hybridized carbons (Fsp3) is 0. The number of aldehydes is 1. The van der Waals surface area contributed by atoms with Gasteiger partial charge >= 0.3 is 0 Å². The number of nitrogens with zero attached hydrogens (tertiary/aromatic N) is 2. The molecule has 0 saturated carbocycles. The second-order valence-electron chi connectivity index (χ2n) is 3.53. The third kappa shape index (κ3) is 1.13. The van der Waals surface area contributed by atoms with Gasteiger partial charge in [0, 0.05) is 5.39 Å². The lowest BCUT2D eigenvalue weighted by Gasteiger charge is -2.03. The first kappa shape index (κ1) is 9.03. The van der Waals surface area contributed by atoms with E-state index in [1.54, 1.807) is 22.6 Å². The van der Waals surface area contributed by atoms with Gasteiger partial charge in [-0.1, -0.05) is 0 Å². The van der Waals surface area contributed by atoms with E-state index < -0.39 is 0 Å². The Kier molecular flexibility index (Phi) is 1.77.